The summed E-state index contributed by atoms with van der Waals surface area (Å²) >= 11 is 5.78. The Morgan fingerprint density at radius 3 is 2.58 bits per heavy atom. The highest BCUT2D eigenvalue weighted by Gasteiger charge is 2.18. The van der Waals surface area contributed by atoms with E-state index in [9.17, 15) is 14.4 Å². The topological polar surface area (TPSA) is 80.7 Å². The van der Waals surface area contributed by atoms with Crippen LogP contribution in [0.5, 0.6) is 0 Å². The maximum atomic E-state index is 11.6. The van der Waals surface area contributed by atoms with E-state index in [0.717, 1.165) is 0 Å². The number of carboxylic acid groups (broad SMARTS) is 1. The van der Waals surface area contributed by atoms with E-state index in [-0.39, 0.29) is 35.6 Å². The molecule has 0 saturated heterocycles. The van der Waals surface area contributed by atoms with Crippen molar-refractivity contribution in [3.63, 3.8) is 0 Å². The van der Waals surface area contributed by atoms with Crippen molar-refractivity contribution in [1.82, 2.24) is 0 Å². The number of esters is 1. The third kappa shape index (κ3) is 4.37. The smallest absolute Gasteiger partial charge is 0.337 e. The first kappa shape index (κ1) is 15.2. The molecule has 6 heteroatoms. The minimum atomic E-state index is -1.20. The molecule has 5 nitrogen and oxygen atoms in total. The lowest BCUT2D eigenvalue weighted by molar-refractivity contribution is -0.145. The molecule has 102 valence electrons. The Morgan fingerprint density at radius 1 is 1.32 bits per heavy atom. The second-order valence-corrected chi connectivity index (χ2v) is 4.18. The van der Waals surface area contributed by atoms with Gasteiger partial charge in [0, 0.05) is 6.42 Å². The Labute approximate surface area is 115 Å². The van der Waals surface area contributed by atoms with E-state index in [1.165, 1.54) is 12.1 Å². The first-order valence-electron chi connectivity index (χ1n) is 5.63. The maximum absolute atomic E-state index is 11.6. The van der Waals surface area contributed by atoms with Gasteiger partial charge >= 0.3 is 11.9 Å². The standard InChI is InChI=1S/C13H13ClO5/c1-2-19-11(16)7-9(15)6-8-4-3-5-10(14)12(8)13(17)18/h3-5H,2,6-7H2,1H3,(H,17,18). The lowest BCUT2D eigenvalue weighted by Gasteiger charge is -2.07. The molecule has 1 aromatic rings. The van der Waals surface area contributed by atoms with Gasteiger partial charge in [0.2, 0.25) is 0 Å². The summed E-state index contributed by atoms with van der Waals surface area (Å²) in [6, 6.07) is 4.49. The number of halogens is 1. The van der Waals surface area contributed by atoms with E-state index >= 15 is 0 Å². The zero-order valence-corrected chi connectivity index (χ0v) is 11.1. The van der Waals surface area contributed by atoms with Crippen molar-refractivity contribution in [3.8, 4) is 0 Å². The SMILES string of the molecule is CCOC(=O)CC(=O)Cc1cccc(Cl)c1C(=O)O. The van der Waals surface area contributed by atoms with Crippen molar-refractivity contribution in [2.24, 2.45) is 0 Å². The molecular formula is C13H13ClO5. The number of ether oxygens (including phenoxy) is 1. The van der Waals surface area contributed by atoms with Crippen molar-refractivity contribution in [2.75, 3.05) is 6.61 Å². The van der Waals surface area contributed by atoms with Crippen LogP contribution < -0.4 is 0 Å². The summed E-state index contributed by atoms with van der Waals surface area (Å²) in [5.74, 6) is -2.24. The van der Waals surface area contributed by atoms with Crippen LogP contribution in [-0.4, -0.2) is 29.4 Å². The number of Topliss-reactive ketones (excluding diaryl/α,β-unsaturated/α-hetero) is 1. The van der Waals surface area contributed by atoms with E-state index in [4.69, 9.17) is 16.7 Å². The third-order valence-corrected chi connectivity index (χ3v) is 2.66. The molecule has 0 saturated carbocycles. The molecule has 1 rings (SSSR count). The fourth-order valence-corrected chi connectivity index (χ4v) is 1.88. The molecule has 1 aromatic carbocycles. The number of hydrogen-bond acceptors (Lipinski definition) is 4. The van der Waals surface area contributed by atoms with Gasteiger partial charge in [-0.15, -0.1) is 0 Å². The van der Waals surface area contributed by atoms with Crippen LogP contribution in [-0.2, 0) is 20.7 Å². The molecule has 0 atom stereocenters. The monoisotopic (exact) mass is 284 g/mol. The van der Waals surface area contributed by atoms with E-state index in [1.54, 1.807) is 13.0 Å². The Hall–Kier alpha value is -1.88. The lowest BCUT2D eigenvalue weighted by Crippen LogP contribution is -2.15. The number of carbonyl (C=O) groups is 3. The van der Waals surface area contributed by atoms with Gasteiger partial charge in [-0.25, -0.2) is 4.79 Å². The number of hydrogen-bond donors (Lipinski definition) is 1. The maximum Gasteiger partial charge on any atom is 0.337 e. The van der Waals surface area contributed by atoms with Gasteiger partial charge in [-0.3, -0.25) is 9.59 Å². The predicted octanol–water partition coefficient (Wildman–Crippen LogP) is 2.10. The van der Waals surface area contributed by atoms with Crippen LogP contribution >= 0.6 is 11.6 Å². The fraction of sp³-hybridized carbons (Fsp3) is 0.308. The zero-order valence-electron chi connectivity index (χ0n) is 10.3. The number of aromatic carboxylic acids is 1. The van der Waals surface area contributed by atoms with Crippen molar-refractivity contribution < 1.29 is 24.2 Å². The molecule has 0 heterocycles. The Bertz CT molecular complexity index is 510. The minimum absolute atomic E-state index is 0.0638. The molecule has 0 aromatic heterocycles. The van der Waals surface area contributed by atoms with Crippen molar-refractivity contribution in [2.45, 2.75) is 19.8 Å². The second kappa shape index (κ2) is 6.89. The molecule has 0 bridgehead atoms. The quantitative estimate of drug-likeness (QED) is 0.639. The van der Waals surface area contributed by atoms with Crippen LogP contribution in [0.2, 0.25) is 5.02 Å². The molecular weight excluding hydrogens is 272 g/mol. The molecule has 0 unspecified atom stereocenters. The van der Waals surface area contributed by atoms with Gasteiger partial charge in [0.05, 0.1) is 17.2 Å². The molecule has 0 aliphatic carbocycles. The van der Waals surface area contributed by atoms with Crippen LogP contribution in [0.4, 0.5) is 0 Å². The molecule has 0 fully saturated rings. The molecule has 0 aliphatic heterocycles. The van der Waals surface area contributed by atoms with Crippen LogP contribution in [0.25, 0.3) is 0 Å². The molecule has 1 N–H and O–H groups in total. The second-order valence-electron chi connectivity index (χ2n) is 3.78. The largest absolute Gasteiger partial charge is 0.478 e. The molecule has 0 radical (unpaired) electrons. The summed E-state index contributed by atoms with van der Waals surface area (Å²) in [6.45, 7) is 1.84. The van der Waals surface area contributed by atoms with E-state index in [0.29, 0.717) is 0 Å². The minimum Gasteiger partial charge on any atom is -0.478 e. The molecule has 0 amide bonds. The van der Waals surface area contributed by atoms with Crippen molar-refractivity contribution in [1.29, 1.82) is 0 Å². The fourth-order valence-electron chi connectivity index (χ4n) is 1.60. The highest BCUT2D eigenvalue weighted by Crippen LogP contribution is 2.21. The zero-order chi connectivity index (χ0) is 14.4. The first-order chi connectivity index (χ1) is 8.95. The lowest BCUT2D eigenvalue weighted by atomic mass is 10.0. The number of carboxylic acids is 1. The molecule has 0 spiro atoms. The Kier molecular flexibility index (Phi) is 5.51. The number of carbonyl (C=O) groups excluding carboxylic acids is 2. The molecule has 19 heavy (non-hydrogen) atoms. The van der Waals surface area contributed by atoms with Gasteiger partial charge in [-0.1, -0.05) is 23.7 Å². The summed E-state index contributed by atoms with van der Waals surface area (Å²) in [5, 5.41) is 9.10. The number of benzene rings is 1. The normalized spacial score (nSPS) is 10.0. The summed E-state index contributed by atoms with van der Waals surface area (Å²) in [6.07, 6.45) is -0.541. The van der Waals surface area contributed by atoms with Gasteiger partial charge in [0.1, 0.15) is 12.2 Å². The van der Waals surface area contributed by atoms with Gasteiger partial charge in [0.25, 0.3) is 0 Å². The third-order valence-electron chi connectivity index (χ3n) is 2.35. The summed E-state index contributed by atoms with van der Waals surface area (Å²) < 4.78 is 4.65. The van der Waals surface area contributed by atoms with Crippen LogP contribution in [0.1, 0.15) is 29.3 Å². The summed E-state index contributed by atoms with van der Waals surface area (Å²) in [7, 11) is 0. The van der Waals surface area contributed by atoms with Gasteiger partial charge in [-0.05, 0) is 18.6 Å². The highest BCUT2D eigenvalue weighted by molar-refractivity contribution is 6.33. The van der Waals surface area contributed by atoms with Crippen LogP contribution in [0, 0.1) is 0 Å². The van der Waals surface area contributed by atoms with Crippen LogP contribution in [0.3, 0.4) is 0 Å². The van der Waals surface area contributed by atoms with E-state index in [1.807, 2.05) is 0 Å². The van der Waals surface area contributed by atoms with Gasteiger partial charge in [0.15, 0.2) is 0 Å². The van der Waals surface area contributed by atoms with E-state index in [2.05, 4.69) is 4.74 Å². The van der Waals surface area contributed by atoms with Crippen molar-refractivity contribution in [3.05, 3.63) is 34.3 Å². The van der Waals surface area contributed by atoms with Gasteiger partial charge < -0.3 is 9.84 Å². The summed E-state index contributed by atoms with van der Waals surface area (Å²) in [4.78, 5) is 33.9. The average Bonchev–Trinajstić information content (AvgIpc) is 2.28. The van der Waals surface area contributed by atoms with Crippen LogP contribution in [0.15, 0.2) is 18.2 Å². The summed E-state index contributed by atoms with van der Waals surface area (Å²) in [5.41, 5.74) is 0.177. The first-order valence-corrected chi connectivity index (χ1v) is 6.01. The predicted molar refractivity (Wildman–Crippen MR) is 68.4 cm³/mol. The Morgan fingerprint density at radius 2 is 2.00 bits per heavy atom. The molecule has 0 aliphatic rings. The average molecular weight is 285 g/mol. The highest BCUT2D eigenvalue weighted by atomic mass is 35.5. The Balaban J connectivity index is 2.83. The number of ketones is 1. The van der Waals surface area contributed by atoms with Gasteiger partial charge in [-0.2, -0.15) is 0 Å². The van der Waals surface area contributed by atoms with Crippen molar-refractivity contribution >= 4 is 29.3 Å². The van der Waals surface area contributed by atoms with E-state index < -0.39 is 17.7 Å². The number of rotatable bonds is 6.